The summed E-state index contributed by atoms with van der Waals surface area (Å²) in [5, 5.41) is 9.37. The molecule has 1 heterocycles. The fourth-order valence-electron chi connectivity index (χ4n) is 1.27. The van der Waals surface area contributed by atoms with E-state index in [0.717, 1.165) is 10.4 Å². The lowest BCUT2D eigenvalue weighted by molar-refractivity contribution is 0.532. The van der Waals surface area contributed by atoms with Crippen molar-refractivity contribution in [3.05, 3.63) is 21.9 Å². The number of rotatable bonds is 4. The van der Waals surface area contributed by atoms with Gasteiger partial charge in [-0.05, 0) is 39.1 Å². The zero-order chi connectivity index (χ0) is 13.2. The Kier molecular flexibility index (Phi) is 4.60. The van der Waals surface area contributed by atoms with E-state index in [1.807, 2.05) is 39.1 Å². The molecule has 0 bridgehead atoms. The van der Waals surface area contributed by atoms with E-state index >= 15 is 0 Å². The Hall–Kier alpha value is -0.560. The molecule has 0 fully saturated rings. The van der Waals surface area contributed by atoms with Gasteiger partial charge in [-0.1, -0.05) is 0 Å². The van der Waals surface area contributed by atoms with E-state index in [1.165, 1.54) is 11.3 Å². The Morgan fingerprint density at radius 1 is 1.59 bits per heavy atom. The van der Waals surface area contributed by atoms with Crippen LogP contribution in [0.3, 0.4) is 0 Å². The quantitative estimate of drug-likeness (QED) is 0.446. The van der Waals surface area contributed by atoms with Crippen LogP contribution < -0.4 is 10.5 Å². The second kappa shape index (κ2) is 5.39. The molecule has 1 aromatic rings. The fraction of sp³-hybridized carbons (Fsp3) is 0.545. The molecule has 0 aliphatic rings. The molecule has 0 saturated carbocycles. The predicted octanol–water partition coefficient (Wildman–Crippen LogP) is 2.14. The molecule has 0 aliphatic heterocycles. The van der Waals surface area contributed by atoms with Crippen molar-refractivity contribution in [2.24, 2.45) is 5.73 Å². The van der Waals surface area contributed by atoms with Gasteiger partial charge in [0.1, 0.15) is 10.6 Å². The first-order chi connectivity index (χ1) is 7.73. The average molecular weight is 273 g/mol. The highest BCUT2D eigenvalue weighted by atomic mass is 32.2. The van der Waals surface area contributed by atoms with Crippen LogP contribution in [0.2, 0.25) is 0 Å². The first kappa shape index (κ1) is 14.5. The van der Waals surface area contributed by atoms with Gasteiger partial charge in [0, 0.05) is 21.8 Å². The maximum Gasteiger partial charge on any atom is 0.136 e. The summed E-state index contributed by atoms with van der Waals surface area (Å²) >= 11 is 0.393. The molecule has 0 saturated heterocycles. The van der Waals surface area contributed by atoms with Gasteiger partial charge in [-0.3, -0.25) is 5.41 Å². The van der Waals surface area contributed by atoms with Gasteiger partial charge in [-0.2, -0.15) is 0 Å². The Labute approximate surface area is 109 Å². The zero-order valence-electron chi connectivity index (χ0n) is 10.5. The summed E-state index contributed by atoms with van der Waals surface area (Å²) < 4.78 is 14.7. The fourth-order valence-corrected chi connectivity index (χ4v) is 3.06. The van der Waals surface area contributed by atoms with E-state index in [0.29, 0.717) is 0 Å². The van der Waals surface area contributed by atoms with Gasteiger partial charge in [-0.25, -0.2) is 0 Å². The number of nitrogens with two attached hydrogens (primary N) is 1. The summed E-state index contributed by atoms with van der Waals surface area (Å²) in [5.41, 5.74) is 6.22. The standard InChI is InChI=1S/C11H19N3OS2/c1-7(14-17(15)11(2,3)4)9-8(10(12)13)5-6-16-9/h5-7,14H,1-4H3,(H3,12,13). The summed E-state index contributed by atoms with van der Waals surface area (Å²) in [4.78, 5) is 0.954. The molecular weight excluding hydrogens is 254 g/mol. The zero-order valence-corrected chi connectivity index (χ0v) is 12.2. The largest absolute Gasteiger partial charge is 0.598 e. The lowest BCUT2D eigenvalue weighted by Crippen LogP contribution is -2.40. The maximum absolute atomic E-state index is 12.0. The van der Waals surface area contributed by atoms with Crippen molar-refractivity contribution >= 4 is 28.5 Å². The number of nitrogens with one attached hydrogen (secondary N) is 2. The van der Waals surface area contributed by atoms with Crippen LogP contribution >= 0.6 is 11.3 Å². The number of thiophene rings is 1. The van der Waals surface area contributed by atoms with Crippen LogP contribution in [-0.2, 0) is 11.4 Å². The highest BCUT2D eigenvalue weighted by Crippen LogP contribution is 2.26. The van der Waals surface area contributed by atoms with Crippen LogP contribution in [0.25, 0.3) is 0 Å². The average Bonchev–Trinajstić information content (AvgIpc) is 2.63. The first-order valence-corrected chi connectivity index (χ1v) is 7.36. The monoisotopic (exact) mass is 273 g/mol. The Morgan fingerprint density at radius 2 is 2.18 bits per heavy atom. The Balaban J connectivity index is 2.80. The molecule has 0 radical (unpaired) electrons. The van der Waals surface area contributed by atoms with Gasteiger partial charge in [0.2, 0.25) is 0 Å². The van der Waals surface area contributed by atoms with Crippen LogP contribution in [0.1, 0.15) is 44.2 Å². The van der Waals surface area contributed by atoms with E-state index < -0.39 is 11.4 Å². The van der Waals surface area contributed by atoms with Crippen molar-refractivity contribution in [3.8, 4) is 0 Å². The lowest BCUT2D eigenvalue weighted by Gasteiger charge is -2.26. The third-order valence-electron chi connectivity index (χ3n) is 2.22. The highest BCUT2D eigenvalue weighted by molar-refractivity contribution is 7.90. The molecule has 0 spiro atoms. The second-order valence-electron chi connectivity index (χ2n) is 4.83. The molecule has 96 valence electrons. The molecule has 1 rings (SSSR count). The van der Waals surface area contributed by atoms with Crippen LogP contribution in [0, 0.1) is 5.41 Å². The topological polar surface area (TPSA) is 85.0 Å². The smallest absolute Gasteiger partial charge is 0.136 e. The van der Waals surface area contributed by atoms with Crippen molar-refractivity contribution in [2.75, 3.05) is 0 Å². The number of hydrogen-bond donors (Lipinski definition) is 3. The Morgan fingerprint density at radius 3 is 2.65 bits per heavy atom. The molecule has 1 aromatic heterocycles. The number of nitrogen functional groups attached to an aromatic ring is 1. The maximum atomic E-state index is 12.0. The summed E-state index contributed by atoms with van der Waals surface area (Å²) in [7, 11) is 0. The third-order valence-corrected chi connectivity index (χ3v) is 5.00. The minimum Gasteiger partial charge on any atom is -0.598 e. The van der Waals surface area contributed by atoms with Crippen molar-refractivity contribution in [1.82, 2.24) is 4.72 Å². The molecule has 2 atom stereocenters. The molecule has 0 aliphatic carbocycles. The minimum absolute atomic E-state index is 0.0523. The molecule has 0 amide bonds. The molecule has 17 heavy (non-hydrogen) atoms. The van der Waals surface area contributed by atoms with E-state index in [9.17, 15) is 4.55 Å². The Bertz CT molecular complexity index is 398. The lowest BCUT2D eigenvalue weighted by atomic mass is 10.2. The van der Waals surface area contributed by atoms with Crippen LogP contribution in [0.4, 0.5) is 0 Å². The summed E-state index contributed by atoms with van der Waals surface area (Å²) in [6.45, 7) is 7.69. The molecule has 4 N–H and O–H groups in total. The van der Waals surface area contributed by atoms with Gasteiger partial charge in [0.15, 0.2) is 0 Å². The van der Waals surface area contributed by atoms with Gasteiger partial charge >= 0.3 is 0 Å². The summed E-state index contributed by atoms with van der Waals surface area (Å²) in [6, 6.07) is 1.74. The van der Waals surface area contributed by atoms with Crippen LogP contribution in [0.15, 0.2) is 11.4 Å². The van der Waals surface area contributed by atoms with E-state index in [4.69, 9.17) is 11.1 Å². The predicted molar refractivity (Wildman–Crippen MR) is 74.8 cm³/mol. The summed E-state index contributed by atoms with van der Waals surface area (Å²) in [5.74, 6) is 0.0523. The molecule has 2 unspecified atom stereocenters. The molecule has 4 nitrogen and oxygen atoms in total. The van der Waals surface area contributed by atoms with Crippen molar-refractivity contribution in [3.63, 3.8) is 0 Å². The molecule has 6 heteroatoms. The number of amidine groups is 1. The normalized spacial score (nSPS) is 15.6. The van der Waals surface area contributed by atoms with Crippen molar-refractivity contribution < 1.29 is 4.55 Å². The van der Waals surface area contributed by atoms with E-state index in [1.54, 1.807) is 0 Å². The van der Waals surface area contributed by atoms with Crippen molar-refractivity contribution in [1.29, 1.82) is 5.41 Å². The molecule has 0 aromatic carbocycles. The SMILES string of the molecule is CC(N[S+]([O-])C(C)(C)C)c1sccc1C(=N)N. The summed E-state index contributed by atoms with van der Waals surface area (Å²) in [6.07, 6.45) is 0. The van der Waals surface area contributed by atoms with Gasteiger partial charge in [0.25, 0.3) is 0 Å². The van der Waals surface area contributed by atoms with Gasteiger partial charge in [0.05, 0.1) is 6.04 Å². The van der Waals surface area contributed by atoms with Gasteiger partial charge in [-0.15, -0.1) is 16.1 Å². The third kappa shape index (κ3) is 3.70. The highest BCUT2D eigenvalue weighted by Gasteiger charge is 2.29. The minimum atomic E-state index is -1.13. The van der Waals surface area contributed by atoms with E-state index in [2.05, 4.69) is 4.72 Å². The van der Waals surface area contributed by atoms with Crippen molar-refractivity contribution in [2.45, 2.75) is 38.5 Å². The number of hydrogen-bond acceptors (Lipinski definition) is 4. The second-order valence-corrected chi connectivity index (χ2v) is 7.78. The van der Waals surface area contributed by atoms with E-state index in [-0.39, 0.29) is 16.6 Å². The van der Waals surface area contributed by atoms with Crippen LogP contribution in [0.5, 0.6) is 0 Å². The van der Waals surface area contributed by atoms with Crippen LogP contribution in [-0.4, -0.2) is 15.1 Å². The molecular formula is C11H19N3OS2. The van der Waals surface area contributed by atoms with Gasteiger partial charge < -0.3 is 10.3 Å². The first-order valence-electron chi connectivity index (χ1n) is 5.33.